The van der Waals surface area contributed by atoms with Crippen LogP contribution in [-0.2, 0) is 14.0 Å². The highest BCUT2D eigenvalue weighted by Crippen LogP contribution is 2.43. The van der Waals surface area contributed by atoms with Crippen LogP contribution in [0.3, 0.4) is 0 Å². The van der Waals surface area contributed by atoms with Crippen LogP contribution in [0.1, 0.15) is 67.7 Å². The third kappa shape index (κ3) is 4.51. The van der Waals surface area contributed by atoms with E-state index in [1.807, 2.05) is 20.8 Å². The highest BCUT2D eigenvalue weighted by atomic mass is 16.7. The molecular weight excluding hydrogens is 293 g/mol. The van der Waals surface area contributed by atoms with Gasteiger partial charge in [0.15, 0.2) is 0 Å². The Morgan fingerprint density at radius 2 is 1.83 bits per heavy atom. The molecule has 5 nitrogen and oxygen atoms in total. The zero-order chi connectivity index (χ0) is 17.5. The topological polar surface area (TPSA) is 56.8 Å². The van der Waals surface area contributed by atoms with Crippen LogP contribution in [0.2, 0.25) is 5.82 Å². The molecule has 130 valence electrons. The Labute approximate surface area is 140 Å². The lowest BCUT2D eigenvalue weighted by Crippen LogP contribution is -2.41. The summed E-state index contributed by atoms with van der Waals surface area (Å²) >= 11 is 0. The van der Waals surface area contributed by atoms with Crippen molar-refractivity contribution in [2.24, 2.45) is 0 Å². The van der Waals surface area contributed by atoms with Crippen LogP contribution in [0, 0.1) is 0 Å². The molecule has 1 N–H and O–H groups in total. The summed E-state index contributed by atoms with van der Waals surface area (Å²) < 4.78 is 17.5. The molecule has 1 fully saturated rings. The van der Waals surface area contributed by atoms with Gasteiger partial charge in [-0.2, -0.15) is 0 Å². The van der Waals surface area contributed by atoms with Crippen LogP contribution in [0.15, 0.2) is 11.8 Å². The molecular formula is C17H30BNO4. The highest BCUT2D eigenvalue weighted by molar-refractivity contribution is 6.47. The van der Waals surface area contributed by atoms with Crippen LogP contribution in [0.4, 0.5) is 4.79 Å². The molecule has 0 aromatic rings. The zero-order valence-electron chi connectivity index (χ0n) is 15.5. The summed E-state index contributed by atoms with van der Waals surface area (Å²) in [5, 5.41) is 2.84. The van der Waals surface area contributed by atoms with E-state index in [1.54, 1.807) is 0 Å². The molecule has 1 amide bonds. The summed E-state index contributed by atoms with van der Waals surface area (Å²) in [6.07, 6.45) is 4.23. The van der Waals surface area contributed by atoms with E-state index in [4.69, 9.17) is 14.0 Å². The largest absolute Gasteiger partial charge is 0.461 e. The van der Waals surface area contributed by atoms with Crippen molar-refractivity contribution in [3.05, 3.63) is 11.8 Å². The van der Waals surface area contributed by atoms with Crippen molar-refractivity contribution in [2.45, 2.75) is 90.3 Å². The van der Waals surface area contributed by atoms with E-state index in [0.29, 0.717) is 5.82 Å². The second-order valence-electron chi connectivity index (χ2n) is 8.52. The number of nitrogens with one attached hydrogen (secondary N) is 1. The fourth-order valence-electron chi connectivity index (χ4n) is 2.73. The lowest BCUT2D eigenvalue weighted by molar-refractivity contribution is 0.00578. The standard InChI is InChI=1S/C17H30BNO4/c1-15(2,3)21-14(20)19-13-10-8-12(9-11-13)18-22-16(4,5)17(6,7)23-18/h10,12H,8-9,11H2,1-7H3,(H,19,20). The van der Waals surface area contributed by atoms with Crippen LogP contribution in [0.5, 0.6) is 0 Å². The molecule has 1 unspecified atom stereocenters. The molecule has 2 rings (SSSR count). The number of carbonyl (C=O) groups is 1. The Hall–Kier alpha value is -1.01. The number of hydrogen-bond acceptors (Lipinski definition) is 4. The lowest BCUT2D eigenvalue weighted by Gasteiger charge is -2.32. The van der Waals surface area contributed by atoms with Gasteiger partial charge < -0.3 is 14.0 Å². The predicted octanol–water partition coefficient (Wildman–Crippen LogP) is 4.04. The van der Waals surface area contributed by atoms with E-state index in [0.717, 1.165) is 25.0 Å². The van der Waals surface area contributed by atoms with Gasteiger partial charge in [0.1, 0.15) is 5.60 Å². The van der Waals surface area contributed by atoms with Crippen molar-refractivity contribution in [1.29, 1.82) is 0 Å². The molecule has 0 aromatic heterocycles. The summed E-state index contributed by atoms with van der Waals surface area (Å²) in [7, 11) is -0.181. The van der Waals surface area contributed by atoms with Gasteiger partial charge in [-0.25, -0.2) is 4.79 Å². The average Bonchev–Trinajstić information content (AvgIpc) is 2.56. The number of rotatable bonds is 2. The molecule has 2 aliphatic rings. The molecule has 0 aromatic carbocycles. The van der Waals surface area contributed by atoms with Crippen LogP contribution < -0.4 is 5.32 Å². The fourth-order valence-corrected chi connectivity index (χ4v) is 2.73. The quantitative estimate of drug-likeness (QED) is 0.779. The average molecular weight is 323 g/mol. The van der Waals surface area contributed by atoms with E-state index in [9.17, 15) is 4.79 Å². The maximum atomic E-state index is 11.8. The molecule has 1 aliphatic carbocycles. The van der Waals surface area contributed by atoms with Crippen LogP contribution in [0.25, 0.3) is 0 Å². The van der Waals surface area contributed by atoms with E-state index < -0.39 is 11.7 Å². The molecule has 1 atom stereocenters. The Bertz CT molecular complexity index is 477. The first-order valence-corrected chi connectivity index (χ1v) is 8.44. The molecule has 0 saturated carbocycles. The van der Waals surface area contributed by atoms with Gasteiger partial charge in [0.2, 0.25) is 0 Å². The Kier molecular flexibility index (Phi) is 4.89. The van der Waals surface area contributed by atoms with Crippen molar-refractivity contribution in [3.8, 4) is 0 Å². The number of amides is 1. The Morgan fingerprint density at radius 3 is 2.26 bits per heavy atom. The molecule has 0 spiro atoms. The zero-order valence-corrected chi connectivity index (χ0v) is 15.5. The molecule has 1 aliphatic heterocycles. The smallest absolute Gasteiger partial charge is 0.444 e. The predicted molar refractivity (Wildman–Crippen MR) is 91.1 cm³/mol. The van der Waals surface area contributed by atoms with Crippen molar-refractivity contribution in [2.75, 3.05) is 0 Å². The van der Waals surface area contributed by atoms with Gasteiger partial charge >= 0.3 is 13.2 Å². The summed E-state index contributed by atoms with van der Waals surface area (Å²) in [6.45, 7) is 13.9. The maximum Gasteiger partial charge on any atom is 0.461 e. The monoisotopic (exact) mass is 323 g/mol. The normalized spacial score (nSPS) is 26.7. The summed E-state index contributed by atoms with van der Waals surface area (Å²) in [4.78, 5) is 11.8. The first kappa shape index (κ1) is 18.3. The van der Waals surface area contributed by atoms with Gasteiger partial charge in [-0.3, -0.25) is 5.32 Å². The molecule has 23 heavy (non-hydrogen) atoms. The van der Waals surface area contributed by atoms with E-state index in [1.165, 1.54) is 0 Å². The van der Waals surface area contributed by atoms with Crippen molar-refractivity contribution in [1.82, 2.24) is 5.32 Å². The molecule has 0 radical (unpaired) electrons. The second-order valence-corrected chi connectivity index (χ2v) is 8.52. The third-order valence-corrected chi connectivity index (χ3v) is 4.77. The minimum atomic E-state index is -0.482. The van der Waals surface area contributed by atoms with Gasteiger partial charge in [-0.1, -0.05) is 6.08 Å². The third-order valence-electron chi connectivity index (χ3n) is 4.77. The van der Waals surface area contributed by atoms with Gasteiger partial charge in [-0.15, -0.1) is 0 Å². The Balaban J connectivity index is 1.88. The number of hydrogen-bond donors (Lipinski definition) is 1. The number of allylic oxidation sites excluding steroid dienone is 2. The van der Waals surface area contributed by atoms with Gasteiger partial charge in [-0.05, 0) is 73.5 Å². The molecule has 0 bridgehead atoms. The Morgan fingerprint density at radius 1 is 1.26 bits per heavy atom. The van der Waals surface area contributed by atoms with Crippen molar-refractivity contribution < 1.29 is 18.8 Å². The van der Waals surface area contributed by atoms with Crippen molar-refractivity contribution in [3.63, 3.8) is 0 Å². The minimum Gasteiger partial charge on any atom is -0.444 e. The summed E-state index contributed by atoms with van der Waals surface area (Å²) in [5.74, 6) is 0.320. The van der Waals surface area contributed by atoms with Gasteiger partial charge in [0.25, 0.3) is 0 Å². The SMILES string of the molecule is CC(C)(C)OC(=O)NC1=CCC(B2OC(C)(C)C(C)(C)O2)CC1. The van der Waals surface area contributed by atoms with Crippen LogP contribution in [-0.4, -0.2) is 30.0 Å². The fraction of sp³-hybridized carbons (Fsp3) is 0.824. The molecule has 1 saturated heterocycles. The lowest BCUT2D eigenvalue weighted by atomic mass is 9.65. The maximum absolute atomic E-state index is 11.8. The summed E-state index contributed by atoms with van der Waals surface area (Å²) in [5.41, 5.74) is -0.149. The molecule has 6 heteroatoms. The van der Waals surface area contributed by atoms with Crippen molar-refractivity contribution >= 4 is 13.2 Å². The molecule has 1 heterocycles. The highest BCUT2D eigenvalue weighted by Gasteiger charge is 2.53. The van der Waals surface area contributed by atoms with Gasteiger partial charge in [0, 0.05) is 5.70 Å². The van der Waals surface area contributed by atoms with Crippen LogP contribution >= 0.6 is 0 Å². The van der Waals surface area contributed by atoms with E-state index >= 15 is 0 Å². The van der Waals surface area contributed by atoms with Gasteiger partial charge in [0.05, 0.1) is 11.2 Å². The number of alkyl carbamates (subject to hydrolysis) is 1. The first-order valence-electron chi connectivity index (χ1n) is 8.44. The second kappa shape index (κ2) is 6.13. The minimum absolute atomic E-state index is 0.181. The number of ether oxygens (including phenoxy) is 1. The first-order chi connectivity index (χ1) is 10.4. The van der Waals surface area contributed by atoms with E-state index in [2.05, 4.69) is 39.1 Å². The van der Waals surface area contributed by atoms with E-state index in [-0.39, 0.29) is 18.3 Å². The number of carbonyl (C=O) groups excluding carboxylic acids is 1. The summed E-state index contributed by atoms with van der Waals surface area (Å²) in [6, 6.07) is 0.